The lowest BCUT2D eigenvalue weighted by Gasteiger charge is -2.16. The first-order valence-electron chi connectivity index (χ1n) is 7.44. The molecular formula is C16H25F2NO. The highest BCUT2D eigenvalue weighted by atomic mass is 19.3. The minimum Gasteiger partial charge on any atom is -0.434 e. The van der Waals surface area contributed by atoms with Gasteiger partial charge in [-0.1, -0.05) is 63.6 Å². The smallest absolute Gasteiger partial charge is 0.387 e. The van der Waals surface area contributed by atoms with Crippen molar-refractivity contribution >= 4 is 0 Å². The molecule has 0 spiro atoms. The van der Waals surface area contributed by atoms with Crippen LogP contribution >= 0.6 is 0 Å². The minimum atomic E-state index is -2.81. The first-order valence-corrected chi connectivity index (χ1v) is 7.44. The molecule has 0 aromatic heterocycles. The van der Waals surface area contributed by atoms with Crippen LogP contribution in [0.1, 0.15) is 63.5 Å². The number of para-hydroxylation sites is 1. The maximum Gasteiger partial charge on any atom is 0.387 e. The Bertz CT molecular complexity index is 371. The largest absolute Gasteiger partial charge is 0.434 e. The molecule has 4 heteroatoms. The van der Waals surface area contributed by atoms with Gasteiger partial charge in [0.25, 0.3) is 0 Å². The lowest BCUT2D eigenvalue weighted by Crippen LogP contribution is -2.13. The molecule has 0 aliphatic heterocycles. The highest BCUT2D eigenvalue weighted by Crippen LogP contribution is 2.28. The molecule has 1 atom stereocenters. The van der Waals surface area contributed by atoms with Crippen LogP contribution in [0.4, 0.5) is 8.78 Å². The molecule has 0 bridgehead atoms. The molecule has 0 radical (unpaired) electrons. The average molecular weight is 285 g/mol. The molecule has 20 heavy (non-hydrogen) atoms. The number of hydrogen-bond acceptors (Lipinski definition) is 2. The molecule has 0 saturated heterocycles. The predicted octanol–water partition coefficient (Wildman–Crippen LogP) is 5.04. The van der Waals surface area contributed by atoms with Crippen molar-refractivity contribution in [2.24, 2.45) is 5.73 Å². The summed E-state index contributed by atoms with van der Waals surface area (Å²) in [6.45, 7) is -0.618. The average Bonchev–Trinajstić information content (AvgIpc) is 2.42. The van der Waals surface area contributed by atoms with Crippen LogP contribution in [0.25, 0.3) is 0 Å². The van der Waals surface area contributed by atoms with Crippen LogP contribution in [0.3, 0.4) is 0 Å². The Morgan fingerprint density at radius 1 is 1.05 bits per heavy atom. The summed E-state index contributed by atoms with van der Waals surface area (Å²) in [5.74, 6) is 0.195. The van der Waals surface area contributed by atoms with Crippen molar-refractivity contribution in [2.45, 2.75) is 64.5 Å². The summed E-state index contributed by atoms with van der Waals surface area (Å²) in [5, 5.41) is 0. The maximum absolute atomic E-state index is 12.3. The molecule has 0 fully saturated rings. The van der Waals surface area contributed by atoms with Gasteiger partial charge >= 0.3 is 6.61 Å². The lowest BCUT2D eigenvalue weighted by atomic mass is 9.99. The molecule has 114 valence electrons. The quantitative estimate of drug-likeness (QED) is 0.611. The summed E-state index contributed by atoms with van der Waals surface area (Å²) in [7, 11) is 0. The molecule has 0 aliphatic rings. The molecule has 0 amide bonds. The number of hydrogen-bond donors (Lipinski definition) is 1. The number of rotatable bonds is 10. The fourth-order valence-electron chi connectivity index (χ4n) is 2.29. The maximum atomic E-state index is 12.3. The van der Waals surface area contributed by atoms with Gasteiger partial charge in [-0.05, 0) is 12.5 Å². The zero-order valence-corrected chi connectivity index (χ0v) is 12.2. The highest BCUT2D eigenvalue weighted by Gasteiger charge is 2.14. The van der Waals surface area contributed by atoms with Gasteiger partial charge in [0.1, 0.15) is 5.75 Å². The summed E-state index contributed by atoms with van der Waals surface area (Å²) >= 11 is 0. The normalized spacial score (nSPS) is 12.7. The van der Waals surface area contributed by atoms with Gasteiger partial charge in [-0.2, -0.15) is 8.78 Å². The van der Waals surface area contributed by atoms with Gasteiger partial charge < -0.3 is 10.5 Å². The van der Waals surface area contributed by atoms with Crippen LogP contribution in [0.15, 0.2) is 24.3 Å². The Balaban J connectivity index is 2.40. The van der Waals surface area contributed by atoms with E-state index < -0.39 is 6.61 Å². The Kier molecular flexibility index (Phi) is 8.19. The Morgan fingerprint density at radius 2 is 1.70 bits per heavy atom. The second-order valence-electron chi connectivity index (χ2n) is 5.08. The van der Waals surface area contributed by atoms with E-state index in [1.165, 1.54) is 25.7 Å². The van der Waals surface area contributed by atoms with Gasteiger partial charge in [0.15, 0.2) is 0 Å². The van der Waals surface area contributed by atoms with Crippen molar-refractivity contribution in [3.8, 4) is 5.75 Å². The molecule has 0 aliphatic carbocycles. The third-order valence-electron chi connectivity index (χ3n) is 3.40. The summed E-state index contributed by atoms with van der Waals surface area (Å²) in [4.78, 5) is 0. The molecule has 1 unspecified atom stereocenters. The van der Waals surface area contributed by atoms with E-state index in [1.807, 2.05) is 0 Å². The fourth-order valence-corrected chi connectivity index (χ4v) is 2.29. The monoisotopic (exact) mass is 285 g/mol. The van der Waals surface area contributed by atoms with Crippen molar-refractivity contribution in [2.75, 3.05) is 0 Å². The lowest BCUT2D eigenvalue weighted by molar-refractivity contribution is -0.0506. The van der Waals surface area contributed by atoms with Crippen LogP contribution in [0, 0.1) is 0 Å². The van der Waals surface area contributed by atoms with Crippen molar-refractivity contribution in [1.29, 1.82) is 0 Å². The van der Waals surface area contributed by atoms with E-state index in [0.29, 0.717) is 5.56 Å². The van der Waals surface area contributed by atoms with Crippen LogP contribution in [0.5, 0.6) is 5.75 Å². The SMILES string of the molecule is CCCCCCCCC(N)c1ccccc1OC(F)F. The number of nitrogens with two attached hydrogens (primary N) is 1. The number of ether oxygens (including phenoxy) is 1. The zero-order chi connectivity index (χ0) is 14.8. The van der Waals surface area contributed by atoms with Crippen LogP contribution < -0.4 is 10.5 Å². The van der Waals surface area contributed by atoms with E-state index in [4.69, 9.17) is 5.73 Å². The minimum absolute atomic E-state index is 0.195. The Hall–Kier alpha value is -1.16. The van der Waals surface area contributed by atoms with E-state index in [9.17, 15) is 8.78 Å². The Morgan fingerprint density at radius 3 is 2.40 bits per heavy atom. The number of benzene rings is 1. The zero-order valence-electron chi connectivity index (χ0n) is 12.2. The van der Waals surface area contributed by atoms with E-state index in [0.717, 1.165) is 19.3 Å². The molecule has 0 heterocycles. The van der Waals surface area contributed by atoms with Crippen molar-refractivity contribution in [3.05, 3.63) is 29.8 Å². The van der Waals surface area contributed by atoms with E-state index in [-0.39, 0.29) is 11.8 Å². The second-order valence-corrected chi connectivity index (χ2v) is 5.08. The van der Waals surface area contributed by atoms with Gasteiger partial charge in [-0.25, -0.2) is 0 Å². The standard InChI is InChI=1S/C16H25F2NO/c1-2-3-4-5-6-7-11-14(19)13-10-8-9-12-15(13)20-16(17)18/h8-10,12,14,16H,2-7,11,19H2,1H3. The molecule has 1 aromatic rings. The number of alkyl halides is 2. The molecule has 2 N–H and O–H groups in total. The topological polar surface area (TPSA) is 35.2 Å². The van der Waals surface area contributed by atoms with E-state index >= 15 is 0 Å². The molecule has 0 saturated carbocycles. The highest BCUT2D eigenvalue weighted by molar-refractivity contribution is 5.35. The second kappa shape index (κ2) is 9.70. The third kappa shape index (κ3) is 6.33. The van der Waals surface area contributed by atoms with Gasteiger partial charge in [0.05, 0.1) is 0 Å². The third-order valence-corrected chi connectivity index (χ3v) is 3.40. The summed E-state index contributed by atoms with van der Waals surface area (Å²) in [5.41, 5.74) is 6.76. The molecule has 1 aromatic carbocycles. The summed E-state index contributed by atoms with van der Waals surface area (Å²) in [6.07, 6.45) is 7.96. The van der Waals surface area contributed by atoms with Crippen molar-refractivity contribution in [1.82, 2.24) is 0 Å². The van der Waals surface area contributed by atoms with E-state index in [2.05, 4.69) is 11.7 Å². The summed E-state index contributed by atoms with van der Waals surface area (Å²) in [6, 6.07) is 6.55. The van der Waals surface area contributed by atoms with Crippen molar-refractivity contribution in [3.63, 3.8) is 0 Å². The van der Waals surface area contributed by atoms with Gasteiger partial charge in [-0.15, -0.1) is 0 Å². The fraction of sp³-hybridized carbons (Fsp3) is 0.625. The Labute approximate surface area is 120 Å². The van der Waals surface area contributed by atoms with Gasteiger partial charge in [0.2, 0.25) is 0 Å². The number of unbranched alkanes of at least 4 members (excludes halogenated alkanes) is 5. The van der Waals surface area contributed by atoms with Gasteiger partial charge in [0, 0.05) is 11.6 Å². The molecule has 1 rings (SSSR count). The first-order chi connectivity index (χ1) is 9.65. The first kappa shape index (κ1) is 16.9. The summed E-state index contributed by atoms with van der Waals surface area (Å²) < 4.78 is 29.2. The van der Waals surface area contributed by atoms with Crippen LogP contribution in [-0.4, -0.2) is 6.61 Å². The van der Waals surface area contributed by atoms with Crippen molar-refractivity contribution < 1.29 is 13.5 Å². The number of halogens is 2. The van der Waals surface area contributed by atoms with Crippen LogP contribution in [0.2, 0.25) is 0 Å². The predicted molar refractivity (Wildman–Crippen MR) is 78.0 cm³/mol. The van der Waals surface area contributed by atoms with Gasteiger partial charge in [-0.3, -0.25) is 0 Å². The molecular weight excluding hydrogens is 260 g/mol. The van der Waals surface area contributed by atoms with E-state index in [1.54, 1.807) is 24.3 Å². The molecule has 2 nitrogen and oxygen atoms in total. The van der Waals surface area contributed by atoms with Crippen LogP contribution in [-0.2, 0) is 0 Å².